The summed E-state index contributed by atoms with van der Waals surface area (Å²) in [6.07, 6.45) is -6.57. The summed E-state index contributed by atoms with van der Waals surface area (Å²) >= 11 is 25.1. The number of benzene rings is 2. The Morgan fingerprint density at radius 2 is 1.37 bits per heavy atom. The number of rotatable bonds is 12. The Hall–Kier alpha value is -3.66. The van der Waals surface area contributed by atoms with E-state index in [9.17, 15) is 28.8 Å². The number of halogens is 4. The van der Waals surface area contributed by atoms with Crippen LogP contribution in [0.3, 0.4) is 0 Å². The predicted molar refractivity (Wildman–Crippen MR) is 172 cm³/mol. The van der Waals surface area contributed by atoms with Crippen LogP contribution in [0.1, 0.15) is 53.5 Å². The van der Waals surface area contributed by atoms with Crippen LogP contribution in [0.5, 0.6) is 0 Å². The second-order valence-corrected chi connectivity index (χ2v) is 12.2. The first-order chi connectivity index (χ1) is 23.2. The van der Waals surface area contributed by atoms with Gasteiger partial charge < -0.3 is 33.7 Å². The minimum absolute atomic E-state index is 0.0519. The highest BCUT2D eigenvalue weighted by molar-refractivity contribution is 6.55. The number of hydrogen-bond acceptors (Lipinski definition) is 12. The van der Waals surface area contributed by atoms with Crippen LogP contribution in [0.15, 0.2) is 30.3 Å². The van der Waals surface area contributed by atoms with Gasteiger partial charge in [-0.1, -0.05) is 76.7 Å². The van der Waals surface area contributed by atoms with Crippen molar-refractivity contribution in [1.29, 1.82) is 0 Å². The fourth-order valence-electron chi connectivity index (χ4n) is 5.17. The zero-order valence-corrected chi connectivity index (χ0v) is 29.2. The third-order valence-corrected chi connectivity index (χ3v) is 8.99. The minimum atomic E-state index is -1.64. The Balaban J connectivity index is 1.62. The van der Waals surface area contributed by atoms with E-state index in [1.54, 1.807) is 24.3 Å². The lowest BCUT2D eigenvalue weighted by molar-refractivity contribution is -0.286. The van der Waals surface area contributed by atoms with E-state index in [4.69, 9.17) is 74.8 Å². The molecular formula is C31H30Cl4N2O12. The van der Waals surface area contributed by atoms with Crippen molar-refractivity contribution in [3.05, 3.63) is 67.1 Å². The number of esters is 3. The second kappa shape index (κ2) is 16.8. The Morgan fingerprint density at radius 1 is 0.796 bits per heavy atom. The maximum absolute atomic E-state index is 13.9. The van der Waals surface area contributed by atoms with Crippen LogP contribution < -0.4 is 5.32 Å². The molecule has 1 saturated heterocycles. The summed E-state index contributed by atoms with van der Waals surface area (Å²) < 4.78 is 33.3. The summed E-state index contributed by atoms with van der Waals surface area (Å²) in [6, 6.07) is 7.40. The molecule has 264 valence electrons. The highest BCUT2D eigenvalue weighted by Crippen LogP contribution is 2.46. The molecule has 18 heteroatoms. The van der Waals surface area contributed by atoms with Crippen molar-refractivity contribution in [3.8, 4) is 0 Å². The molecule has 0 spiro atoms. The lowest BCUT2D eigenvalue weighted by Gasteiger charge is -2.47. The molecule has 0 saturated carbocycles. The molecule has 49 heavy (non-hydrogen) atoms. The van der Waals surface area contributed by atoms with Gasteiger partial charge in [-0.25, -0.2) is 4.79 Å². The summed E-state index contributed by atoms with van der Waals surface area (Å²) in [5.41, 5.74) is 0.0332. The molecule has 0 aromatic heterocycles. The van der Waals surface area contributed by atoms with E-state index in [0.717, 1.165) is 26.3 Å². The standard InChI is InChI=1S/C31H30Cl4N2O12/c1-14(38)45-13-18-26(47-15(2)39)27(48-16(3)40)25(37-28(41)19-20(29(37)42)22(33)24(35)23(34)21(19)32)30(49-18)44-11-7-10-36-31(43)46-12-17-8-5-4-6-9-17/h4-6,8-9,18,25-27,30H,7,10-13H2,1-3H3,(H,36,43)/t18-,25-,26-,27-,30-/m1/s1. The van der Waals surface area contributed by atoms with Crippen LogP contribution in [-0.4, -0.2) is 91.1 Å². The molecule has 4 rings (SSSR count). The monoisotopic (exact) mass is 762 g/mol. The molecule has 5 atom stereocenters. The van der Waals surface area contributed by atoms with Gasteiger partial charge in [-0.05, 0) is 12.0 Å². The van der Waals surface area contributed by atoms with Crippen molar-refractivity contribution in [1.82, 2.24) is 10.2 Å². The lowest BCUT2D eigenvalue weighted by atomic mass is 9.94. The summed E-state index contributed by atoms with van der Waals surface area (Å²) in [6.45, 7) is 2.70. The third-order valence-electron chi connectivity index (χ3n) is 7.19. The van der Waals surface area contributed by atoms with Crippen LogP contribution in [-0.2, 0) is 49.4 Å². The van der Waals surface area contributed by atoms with E-state index in [0.29, 0.717) is 4.90 Å². The van der Waals surface area contributed by atoms with Crippen molar-refractivity contribution in [3.63, 3.8) is 0 Å². The average molecular weight is 764 g/mol. The largest absolute Gasteiger partial charge is 0.463 e. The zero-order chi connectivity index (χ0) is 36.0. The van der Waals surface area contributed by atoms with Crippen molar-refractivity contribution in [2.24, 2.45) is 0 Å². The predicted octanol–water partition coefficient (Wildman–Crippen LogP) is 4.75. The molecule has 2 heterocycles. The number of ether oxygens (including phenoxy) is 6. The summed E-state index contributed by atoms with van der Waals surface area (Å²) in [5, 5.41) is 1.28. The van der Waals surface area contributed by atoms with Crippen LogP contribution >= 0.6 is 46.4 Å². The Bertz CT molecular complexity index is 1580. The van der Waals surface area contributed by atoms with Crippen LogP contribution in [0, 0.1) is 0 Å². The van der Waals surface area contributed by atoms with Crippen LogP contribution in [0.25, 0.3) is 0 Å². The quantitative estimate of drug-likeness (QED) is 0.0787. The normalized spacial score (nSPS) is 21.5. The maximum atomic E-state index is 13.9. The number of hydrogen-bond donors (Lipinski definition) is 1. The van der Waals surface area contributed by atoms with Gasteiger partial charge >= 0.3 is 24.0 Å². The Kier molecular flexibility index (Phi) is 13.1. The molecule has 2 aliphatic rings. The van der Waals surface area contributed by atoms with E-state index >= 15 is 0 Å². The zero-order valence-electron chi connectivity index (χ0n) is 26.2. The summed E-state index contributed by atoms with van der Waals surface area (Å²) in [5.74, 6) is -4.50. The van der Waals surface area contributed by atoms with Gasteiger partial charge in [0.15, 0.2) is 18.5 Å². The topological polar surface area (TPSA) is 173 Å². The van der Waals surface area contributed by atoms with Crippen LogP contribution in [0.2, 0.25) is 20.1 Å². The van der Waals surface area contributed by atoms with Gasteiger partial charge in [-0.15, -0.1) is 0 Å². The minimum Gasteiger partial charge on any atom is -0.463 e. The number of amides is 3. The van der Waals surface area contributed by atoms with Gasteiger partial charge in [-0.3, -0.25) is 28.9 Å². The molecule has 2 aliphatic heterocycles. The first-order valence-electron chi connectivity index (χ1n) is 14.7. The summed E-state index contributed by atoms with van der Waals surface area (Å²) in [7, 11) is 0. The SMILES string of the molecule is CC(=O)OC[C@H]1O[C@@H](OCCCNC(=O)OCc2ccccc2)[C@H](N2C(=O)c3c(Cl)c(Cl)c(Cl)c(Cl)c3C2=O)[C@@H](OC(C)=O)[C@@H]1OC(C)=O. The molecule has 0 aliphatic carbocycles. The molecule has 1 fully saturated rings. The first kappa shape index (κ1) is 38.1. The van der Waals surface area contributed by atoms with Gasteiger partial charge in [0.2, 0.25) is 0 Å². The van der Waals surface area contributed by atoms with E-state index in [-0.39, 0.29) is 57.4 Å². The maximum Gasteiger partial charge on any atom is 0.407 e. The van der Waals surface area contributed by atoms with Gasteiger partial charge in [0.25, 0.3) is 11.8 Å². The van der Waals surface area contributed by atoms with Gasteiger partial charge in [0.05, 0.1) is 37.8 Å². The van der Waals surface area contributed by atoms with Crippen molar-refractivity contribution in [2.75, 3.05) is 19.8 Å². The lowest BCUT2D eigenvalue weighted by Crippen LogP contribution is -2.67. The molecule has 0 unspecified atom stereocenters. The van der Waals surface area contributed by atoms with Crippen molar-refractivity contribution in [2.45, 2.75) is 64.4 Å². The van der Waals surface area contributed by atoms with E-state index in [2.05, 4.69) is 5.32 Å². The highest BCUT2D eigenvalue weighted by atomic mass is 35.5. The number of fused-ring (bicyclic) bond motifs is 1. The number of carbonyl (C=O) groups excluding carboxylic acids is 6. The van der Waals surface area contributed by atoms with Gasteiger partial charge in [-0.2, -0.15) is 0 Å². The number of imide groups is 1. The molecule has 0 bridgehead atoms. The molecule has 2 aromatic rings. The fourth-order valence-corrected chi connectivity index (χ4v) is 6.18. The molecule has 14 nitrogen and oxygen atoms in total. The number of nitrogens with zero attached hydrogens (tertiary/aromatic N) is 1. The van der Waals surface area contributed by atoms with E-state index < -0.39 is 73.1 Å². The highest BCUT2D eigenvalue weighted by Gasteiger charge is 2.58. The van der Waals surface area contributed by atoms with Gasteiger partial charge in [0, 0.05) is 27.3 Å². The van der Waals surface area contributed by atoms with Crippen molar-refractivity contribution < 1.29 is 57.2 Å². The fraction of sp³-hybridized carbons (Fsp3) is 0.419. The Morgan fingerprint density at radius 3 is 1.92 bits per heavy atom. The number of carbonyl (C=O) groups is 6. The number of nitrogens with one attached hydrogen (secondary N) is 1. The molecule has 1 N–H and O–H groups in total. The first-order valence-corrected chi connectivity index (χ1v) is 16.2. The third kappa shape index (κ3) is 8.93. The van der Waals surface area contributed by atoms with Crippen molar-refractivity contribution >= 4 is 82.2 Å². The molecule has 3 amide bonds. The smallest absolute Gasteiger partial charge is 0.407 e. The van der Waals surface area contributed by atoms with E-state index in [1.165, 1.54) is 0 Å². The van der Waals surface area contributed by atoms with Crippen LogP contribution in [0.4, 0.5) is 4.79 Å². The van der Waals surface area contributed by atoms with Gasteiger partial charge in [0.1, 0.15) is 25.4 Å². The number of alkyl carbamates (subject to hydrolysis) is 1. The van der Waals surface area contributed by atoms with E-state index in [1.807, 2.05) is 6.07 Å². The summed E-state index contributed by atoms with van der Waals surface area (Å²) in [4.78, 5) is 77.0. The average Bonchev–Trinajstić information content (AvgIpc) is 3.31. The Labute approximate surface area is 300 Å². The molecular weight excluding hydrogens is 734 g/mol. The molecule has 0 radical (unpaired) electrons. The second-order valence-electron chi connectivity index (χ2n) is 10.7. The molecule has 2 aromatic carbocycles.